The minimum Gasteiger partial charge on any atom is -0.487 e. The van der Waals surface area contributed by atoms with Crippen LogP contribution in [-0.2, 0) is 0 Å². The van der Waals surface area contributed by atoms with E-state index in [-0.39, 0.29) is 11.6 Å². The van der Waals surface area contributed by atoms with E-state index in [4.69, 9.17) is 10.5 Å². The molecule has 3 unspecified atom stereocenters. The van der Waals surface area contributed by atoms with Crippen molar-refractivity contribution in [2.45, 2.75) is 64.0 Å². The van der Waals surface area contributed by atoms with Crippen molar-refractivity contribution in [3.63, 3.8) is 0 Å². The fourth-order valence-electron chi connectivity index (χ4n) is 4.07. The Morgan fingerprint density at radius 1 is 1.29 bits per heavy atom. The molecule has 0 radical (unpaired) electrons. The van der Waals surface area contributed by atoms with E-state index in [2.05, 4.69) is 48.0 Å². The van der Waals surface area contributed by atoms with Crippen LogP contribution in [0.2, 0.25) is 0 Å². The van der Waals surface area contributed by atoms with Gasteiger partial charge in [0.2, 0.25) is 0 Å². The first-order valence-corrected chi connectivity index (χ1v) is 9.02. The van der Waals surface area contributed by atoms with Crippen LogP contribution >= 0.6 is 15.9 Å². The summed E-state index contributed by atoms with van der Waals surface area (Å²) in [6, 6.07) is 6.35. The monoisotopic (exact) mass is 351 g/mol. The topological polar surface area (TPSA) is 35.2 Å². The van der Waals surface area contributed by atoms with Crippen molar-refractivity contribution in [1.82, 2.24) is 0 Å². The van der Waals surface area contributed by atoms with Gasteiger partial charge in [0.05, 0.1) is 0 Å². The molecule has 3 heteroatoms. The third kappa shape index (κ3) is 3.14. The molecular weight excluding hydrogens is 326 g/mol. The predicted octanol–water partition coefficient (Wildman–Crippen LogP) is 5.21. The third-order valence-electron chi connectivity index (χ3n) is 5.41. The van der Waals surface area contributed by atoms with E-state index in [0.717, 1.165) is 46.9 Å². The van der Waals surface area contributed by atoms with Crippen molar-refractivity contribution < 1.29 is 4.74 Å². The maximum Gasteiger partial charge on any atom is 0.126 e. The van der Waals surface area contributed by atoms with Gasteiger partial charge in [0.1, 0.15) is 11.4 Å². The third-order valence-corrected chi connectivity index (χ3v) is 5.91. The molecule has 0 bridgehead atoms. The molecule has 21 heavy (non-hydrogen) atoms. The normalized spacial score (nSPS) is 32.6. The highest BCUT2D eigenvalue weighted by molar-refractivity contribution is 9.10. The van der Waals surface area contributed by atoms with Gasteiger partial charge in [-0.15, -0.1) is 0 Å². The molecule has 0 saturated heterocycles. The Balaban J connectivity index is 1.83. The van der Waals surface area contributed by atoms with Gasteiger partial charge in [0.15, 0.2) is 0 Å². The first kappa shape index (κ1) is 15.4. The fourth-order valence-corrected chi connectivity index (χ4v) is 4.41. The van der Waals surface area contributed by atoms with Gasteiger partial charge in [0.25, 0.3) is 0 Å². The second kappa shape index (κ2) is 5.92. The summed E-state index contributed by atoms with van der Waals surface area (Å²) in [7, 11) is 0. The maximum absolute atomic E-state index is 6.51. The zero-order valence-electron chi connectivity index (χ0n) is 13.1. The number of nitrogens with two attached hydrogens (primary N) is 1. The second-order valence-electron chi connectivity index (χ2n) is 7.21. The summed E-state index contributed by atoms with van der Waals surface area (Å²) in [5, 5.41) is 0. The van der Waals surface area contributed by atoms with Crippen molar-refractivity contribution >= 4 is 15.9 Å². The Labute approximate surface area is 136 Å². The molecule has 1 aliphatic carbocycles. The molecule has 3 rings (SSSR count). The Hall–Kier alpha value is -0.540. The summed E-state index contributed by atoms with van der Waals surface area (Å²) >= 11 is 3.55. The number of benzene rings is 1. The molecule has 1 aromatic rings. The maximum atomic E-state index is 6.51. The van der Waals surface area contributed by atoms with E-state index in [1.807, 2.05) is 0 Å². The standard InChI is InChI=1S/C18H26BrNO/c1-12(2)13-4-3-8-18(9-7-13)11-16(20)15-6-5-14(19)10-17(15)21-18/h5-6,10,12-13,16H,3-4,7-9,11,20H2,1-2H3. The zero-order valence-corrected chi connectivity index (χ0v) is 14.7. The van der Waals surface area contributed by atoms with Crippen molar-refractivity contribution in [3.8, 4) is 5.75 Å². The predicted molar refractivity (Wildman–Crippen MR) is 90.5 cm³/mol. The highest BCUT2D eigenvalue weighted by Gasteiger charge is 2.41. The second-order valence-corrected chi connectivity index (χ2v) is 8.13. The van der Waals surface area contributed by atoms with Crippen molar-refractivity contribution in [2.75, 3.05) is 0 Å². The van der Waals surface area contributed by atoms with E-state index in [0.29, 0.717) is 0 Å². The molecule has 2 aliphatic rings. The summed E-state index contributed by atoms with van der Waals surface area (Å²) in [4.78, 5) is 0. The molecule has 1 heterocycles. The lowest BCUT2D eigenvalue weighted by molar-refractivity contribution is 0.0198. The van der Waals surface area contributed by atoms with Gasteiger partial charge in [-0.25, -0.2) is 0 Å². The first-order chi connectivity index (χ1) is 9.99. The summed E-state index contributed by atoms with van der Waals surface area (Å²) in [5.41, 5.74) is 7.58. The van der Waals surface area contributed by atoms with Gasteiger partial charge >= 0.3 is 0 Å². The van der Waals surface area contributed by atoms with Crippen LogP contribution in [0.3, 0.4) is 0 Å². The lowest BCUT2D eigenvalue weighted by atomic mass is 9.81. The Morgan fingerprint density at radius 2 is 2.10 bits per heavy atom. The lowest BCUT2D eigenvalue weighted by Crippen LogP contribution is -2.42. The minimum absolute atomic E-state index is 0.0309. The van der Waals surface area contributed by atoms with Gasteiger partial charge < -0.3 is 10.5 Å². The number of ether oxygens (including phenoxy) is 1. The minimum atomic E-state index is -0.0309. The van der Waals surface area contributed by atoms with Crippen LogP contribution in [0.5, 0.6) is 5.75 Å². The highest BCUT2D eigenvalue weighted by Crippen LogP contribution is 2.46. The van der Waals surface area contributed by atoms with Gasteiger partial charge in [-0.2, -0.15) is 0 Å². The Bertz CT molecular complexity index is 516. The first-order valence-electron chi connectivity index (χ1n) is 8.23. The van der Waals surface area contributed by atoms with E-state index < -0.39 is 0 Å². The van der Waals surface area contributed by atoms with Crippen LogP contribution in [0.4, 0.5) is 0 Å². The average Bonchev–Trinajstić information content (AvgIpc) is 2.61. The zero-order chi connectivity index (χ0) is 15.0. The lowest BCUT2D eigenvalue weighted by Gasteiger charge is -2.41. The molecular formula is C18H26BrNO. The summed E-state index contributed by atoms with van der Waals surface area (Å²) < 4.78 is 7.58. The van der Waals surface area contributed by atoms with Crippen molar-refractivity contribution in [2.24, 2.45) is 17.6 Å². The number of rotatable bonds is 1. The van der Waals surface area contributed by atoms with E-state index in [1.165, 1.54) is 19.3 Å². The summed E-state index contributed by atoms with van der Waals surface area (Å²) in [6.45, 7) is 4.70. The molecule has 3 atom stereocenters. The van der Waals surface area contributed by atoms with E-state index >= 15 is 0 Å². The molecule has 0 amide bonds. The SMILES string of the molecule is CC(C)C1CCCC2(CC1)CC(N)c1ccc(Br)cc1O2. The molecule has 1 aromatic carbocycles. The van der Waals surface area contributed by atoms with E-state index in [1.54, 1.807) is 0 Å². The van der Waals surface area contributed by atoms with Crippen LogP contribution in [0.1, 0.15) is 64.0 Å². The van der Waals surface area contributed by atoms with Crippen molar-refractivity contribution in [1.29, 1.82) is 0 Å². The van der Waals surface area contributed by atoms with Crippen LogP contribution in [0.25, 0.3) is 0 Å². The van der Waals surface area contributed by atoms with Crippen LogP contribution in [0.15, 0.2) is 22.7 Å². The van der Waals surface area contributed by atoms with Gasteiger partial charge in [-0.05, 0) is 49.7 Å². The Kier molecular flexibility index (Phi) is 4.33. The summed E-state index contributed by atoms with van der Waals surface area (Å²) in [6.07, 6.45) is 7.13. The molecule has 2 nitrogen and oxygen atoms in total. The molecule has 116 valence electrons. The van der Waals surface area contributed by atoms with Crippen LogP contribution in [0, 0.1) is 11.8 Å². The average molecular weight is 352 g/mol. The Morgan fingerprint density at radius 3 is 2.86 bits per heavy atom. The molecule has 2 N–H and O–H groups in total. The smallest absolute Gasteiger partial charge is 0.126 e. The van der Waals surface area contributed by atoms with Crippen LogP contribution in [-0.4, -0.2) is 5.60 Å². The number of hydrogen-bond donors (Lipinski definition) is 1. The molecule has 1 saturated carbocycles. The fraction of sp³-hybridized carbons (Fsp3) is 0.667. The number of fused-ring (bicyclic) bond motifs is 1. The summed E-state index contributed by atoms with van der Waals surface area (Å²) in [5.74, 6) is 2.61. The molecule has 1 spiro atoms. The van der Waals surface area contributed by atoms with E-state index in [9.17, 15) is 0 Å². The molecule has 1 fully saturated rings. The highest BCUT2D eigenvalue weighted by atomic mass is 79.9. The number of hydrogen-bond acceptors (Lipinski definition) is 2. The van der Waals surface area contributed by atoms with Crippen LogP contribution < -0.4 is 10.5 Å². The molecule has 1 aliphatic heterocycles. The van der Waals surface area contributed by atoms with Gasteiger partial charge in [-0.1, -0.05) is 42.3 Å². The quantitative estimate of drug-likeness (QED) is 0.753. The number of halogens is 1. The molecule has 0 aromatic heterocycles. The largest absolute Gasteiger partial charge is 0.487 e. The van der Waals surface area contributed by atoms with Gasteiger partial charge in [0, 0.05) is 22.5 Å². The van der Waals surface area contributed by atoms with Crippen molar-refractivity contribution in [3.05, 3.63) is 28.2 Å². The van der Waals surface area contributed by atoms with Gasteiger partial charge in [-0.3, -0.25) is 0 Å².